The van der Waals surface area contributed by atoms with Crippen molar-refractivity contribution in [2.24, 2.45) is 7.05 Å². The van der Waals surface area contributed by atoms with Gasteiger partial charge in [0.25, 0.3) is 5.56 Å². The number of phenolic OH excluding ortho intramolecular Hbond substituents is 1. The number of nitrogens with zero attached hydrogens (tertiary/aromatic N) is 6. The maximum atomic E-state index is 14.8. The van der Waals surface area contributed by atoms with Crippen molar-refractivity contribution in [3.8, 4) is 17.1 Å². The van der Waals surface area contributed by atoms with Crippen LogP contribution in [0.15, 0.2) is 29.3 Å². The number of halogens is 1. The molecule has 10 heteroatoms. The minimum Gasteiger partial charge on any atom is -0.507 e. The number of rotatable bonds is 3. The fourth-order valence-corrected chi connectivity index (χ4v) is 4.52. The summed E-state index contributed by atoms with van der Waals surface area (Å²) in [6.45, 7) is 0. The zero-order valence-corrected chi connectivity index (χ0v) is 16.7. The first-order valence-electron chi connectivity index (χ1n) is 9.94. The predicted molar refractivity (Wildman–Crippen MR) is 109 cm³/mol. The first-order chi connectivity index (χ1) is 14.4. The second kappa shape index (κ2) is 6.98. The highest BCUT2D eigenvalue weighted by atomic mass is 19.1. The SMILES string of the molecule is CN(c1cnc(-c2cc3cnn(C)c(=O)c3cc2O)nn1)[C@@H]1CC2CC[C@H](N2)[C@@H]1F. The second-order valence-corrected chi connectivity index (χ2v) is 8.08. The average molecular weight is 411 g/mol. The Bertz CT molecular complexity index is 1170. The van der Waals surface area contributed by atoms with E-state index in [1.165, 1.54) is 16.9 Å². The molecule has 1 unspecified atom stereocenters. The van der Waals surface area contributed by atoms with Crippen LogP contribution in [0.3, 0.4) is 0 Å². The van der Waals surface area contributed by atoms with E-state index in [0.717, 1.165) is 12.8 Å². The highest BCUT2D eigenvalue weighted by Crippen LogP contribution is 2.34. The van der Waals surface area contributed by atoms with Gasteiger partial charge in [0.15, 0.2) is 11.6 Å². The van der Waals surface area contributed by atoms with Gasteiger partial charge in [0.1, 0.15) is 11.9 Å². The first kappa shape index (κ1) is 18.9. The number of fused-ring (bicyclic) bond motifs is 3. The van der Waals surface area contributed by atoms with E-state index in [-0.39, 0.29) is 29.2 Å². The number of anilines is 1. The van der Waals surface area contributed by atoms with E-state index >= 15 is 0 Å². The van der Waals surface area contributed by atoms with Crippen LogP contribution in [0.1, 0.15) is 19.3 Å². The fourth-order valence-electron chi connectivity index (χ4n) is 4.52. The van der Waals surface area contributed by atoms with Gasteiger partial charge in [-0.25, -0.2) is 14.1 Å². The molecule has 4 atom stereocenters. The molecule has 2 aromatic heterocycles. The Morgan fingerprint density at radius 3 is 2.87 bits per heavy atom. The topological polar surface area (TPSA) is 109 Å². The second-order valence-electron chi connectivity index (χ2n) is 8.08. The van der Waals surface area contributed by atoms with E-state index < -0.39 is 6.17 Å². The van der Waals surface area contributed by atoms with Crippen molar-refractivity contribution in [1.29, 1.82) is 0 Å². The van der Waals surface area contributed by atoms with Crippen LogP contribution >= 0.6 is 0 Å². The maximum Gasteiger partial charge on any atom is 0.274 e. The number of aromatic nitrogens is 5. The summed E-state index contributed by atoms with van der Waals surface area (Å²) in [5, 5.41) is 27.0. The number of piperidine rings is 1. The van der Waals surface area contributed by atoms with Crippen LogP contribution in [0.4, 0.5) is 10.2 Å². The summed E-state index contributed by atoms with van der Waals surface area (Å²) in [6, 6.07) is 2.96. The molecule has 0 saturated carbocycles. The van der Waals surface area contributed by atoms with Gasteiger partial charge in [0, 0.05) is 31.6 Å². The Balaban J connectivity index is 1.44. The Kier molecular flexibility index (Phi) is 4.39. The number of hydrogen-bond acceptors (Lipinski definition) is 8. The molecule has 5 rings (SSSR count). The van der Waals surface area contributed by atoms with Crippen molar-refractivity contribution in [1.82, 2.24) is 30.3 Å². The Morgan fingerprint density at radius 1 is 1.27 bits per heavy atom. The molecule has 156 valence electrons. The summed E-state index contributed by atoms with van der Waals surface area (Å²) >= 11 is 0. The van der Waals surface area contributed by atoms with E-state index in [1.54, 1.807) is 24.2 Å². The third-order valence-electron chi connectivity index (χ3n) is 6.27. The predicted octanol–water partition coefficient (Wildman–Crippen LogP) is 1.16. The van der Waals surface area contributed by atoms with Crippen molar-refractivity contribution >= 4 is 16.6 Å². The van der Waals surface area contributed by atoms with Crippen LogP contribution in [0, 0.1) is 0 Å². The third kappa shape index (κ3) is 2.98. The molecule has 0 spiro atoms. The minimum atomic E-state index is -0.977. The van der Waals surface area contributed by atoms with Crippen LogP contribution in [0.2, 0.25) is 0 Å². The zero-order chi connectivity index (χ0) is 21.0. The average Bonchev–Trinajstić information content (AvgIpc) is 3.17. The van der Waals surface area contributed by atoms with Crippen LogP contribution in [0.25, 0.3) is 22.2 Å². The lowest BCUT2D eigenvalue weighted by atomic mass is 9.96. The van der Waals surface area contributed by atoms with E-state index in [4.69, 9.17) is 0 Å². The Hall–Kier alpha value is -3.14. The summed E-state index contributed by atoms with van der Waals surface area (Å²) in [5.74, 6) is 0.574. The lowest BCUT2D eigenvalue weighted by Gasteiger charge is -2.38. The van der Waals surface area contributed by atoms with Crippen molar-refractivity contribution in [3.63, 3.8) is 0 Å². The molecule has 2 saturated heterocycles. The molecule has 3 aromatic rings. The van der Waals surface area contributed by atoms with E-state index in [9.17, 15) is 14.3 Å². The molecule has 4 heterocycles. The number of hydrogen-bond donors (Lipinski definition) is 2. The summed E-state index contributed by atoms with van der Waals surface area (Å²) in [6.07, 6.45) is 4.67. The molecule has 30 heavy (non-hydrogen) atoms. The van der Waals surface area contributed by atoms with Crippen molar-refractivity contribution < 1.29 is 9.50 Å². The molecule has 1 aromatic carbocycles. The zero-order valence-electron chi connectivity index (χ0n) is 16.7. The van der Waals surface area contributed by atoms with E-state index in [1.807, 2.05) is 7.05 Å². The van der Waals surface area contributed by atoms with Crippen LogP contribution < -0.4 is 15.8 Å². The molecule has 2 fully saturated rings. The standard InChI is InChI=1S/C20H22FN7O2/c1-27(15-6-11-3-4-14(24-11)18(15)21)17-9-22-19(26-25-17)13-5-10-8-23-28(2)20(30)12(10)7-16(13)29/h5,7-9,11,14-15,18,24,29H,3-4,6H2,1-2H3/t11?,14-,15+,18-/m0/s1. The van der Waals surface area contributed by atoms with Gasteiger partial charge >= 0.3 is 0 Å². The molecule has 9 nitrogen and oxygen atoms in total. The molecule has 2 bridgehead atoms. The molecule has 2 N–H and O–H groups in total. The number of benzene rings is 1. The van der Waals surface area contributed by atoms with Gasteiger partial charge in [0.2, 0.25) is 0 Å². The van der Waals surface area contributed by atoms with Gasteiger partial charge in [-0.05, 0) is 31.4 Å². The number of alkyl halides is 1. The number of phenols is 1. The smallest absolute Gasteiger partial charge is 0.274 e. The molecule has 0 aliphatic carbocycles. The van der Waals surface area contributed by atoms with E-state index in [0.29, 0.717) is 34.6 Å². The summed E-state index contributed by atoms with van der Waals surface area (Å²) in [7, 11) is 3.35. The van der Waals surface area contributed by atoms with Gasteiger partial charge in [-0.2, -0.15) is 5.10 Å². The minimum absolute atomic E-state index is 0.104. The molecular weight excluding hydrogens is 389 g/mol. The largest absolute Gasteiger partial charge is 0.507 e. The number of aryl methyl sites for hydroxylation is 1. The quantitative estimate of drug-likeness (QED) is 0.661. The van der Waals surface area contributed by atoms with Gasteiger partial charge in [-0.15, -0.1) is 10.2 Å². The number of aromatic hydroxyl groups is 1. The molecule has 2 aliphatic heterocycles. The van der Waals surface area contributed by atoms with Gasteiger partial charge in [-0.1, -0.05) is 0 Å². The van der Waals surface area contributed by atoms with Gasteiger partial charge in [0.05, 0.1) is 29.4 Å². The Morgan fingerprint density at radius 2 is 2.10 bits per heavy atom. The highest BCUT2D eigenvalue weighted by Gasteiger charge is 2.43. The highest BCUT2D eigenvalue weighted by molar-refractivity contribution is 5.88. The normalized spacial score (nSPS) is 25.6. The van der Waals surface area contributed by atoms with Gasteiger partial charge in [-0.3, -0.25) is 4.79 Å². The molecule has 2 aliphatic rings. The van der Waals surface area contributed by atoms with Crippen molar-refractivity contribution in [3.05, 3.63) is 34.9 Å². The summed E-state index contributed by atoms with van der Waals surface area (Å²) in [4.78, 5) is 18.3. The first-order valence-corrected chi connectivity index (χ1v) is 9.94. The van der Waals surface area contributed by atoms with Gasteiger partial charge < -0.3 is 15.3 Å². The van der Waals surface area contributed by atoms with Crippen LogP contribution in [-0.2, 0) is 7.05 Å². The molecule has 0 amide bonds. The molecule has 0 radical (unpaired) electrons. The van der Waals surface area contributed by atoms with E-state index in [2.05, 4.69) is 25.6 Å². The molecular formula is C20H22FN7O2. The monoisotopic (exact) mass is 411 g/mol. The fraction of sp³-hybridized carbons (Fsp3) is 0.450. The van der Waals surface area contributed by atoms with Crippen LogP contribution in [0.5, 0.6) is 5.75 Å². The summed E-state index contributed by atoms with van der Waals surface area (Å²) < 4.78 is 16.0. The lowest BCUT2D eigenvalue weighted by molar-refractivity contribution is 0.176. The lowest BCUT2D eigenvalue weighted by Crippen LogP contribution is -2.55. The Labute approximate surface area is 171 Å². The number of nitrogens with one attached hydrogen (secondary N) is 1. The van der Waals surface area contributed by atoms with Crippen LogP contribution in [-0.4, -0.2) is 61.4 Å². The third-order valence-corrected chi connectivity index (χ3v) is 6.27. The maximum absolute atomic E-state index is 14.8. The van der Waals surface area contributed by atoms with Crippen molar-refractivity contribution in [2.75, 3.05) is 11.9 Å². The summed E-state index contributed by atoms with van der Waals surface area (Å²) in [5.41, 5.74) is 0.0459. The van der Waals surface area contributed by atoms with Crippen molar-refractivity contribution in [2.45, 2.75) is 43.6 Å².